The molecule has 0 aromatic heterocycles. The molecule has 94 valence electrons. The Balaban J connectivity index is 2.24. The molecule has 1 heterocycles. The molecule has 2 rings (SSSR count). The highest BCUT2D eigenvalue weighted by atomic mass is 16.3. The van der Waals surface area contributed by atoms with Gasteiger partial charge in [0.15, 0.2) is 0 Å². The van der Waals surface area contributed by atoms with Crippen molar-refractivity contribution >= 4 is 5.69 Å². The van der Waals surface area contributed by atoms with Crippen LogP contribution in [0, 0.1) is 19.3 Å². The van der Waals surface area contributed by atoms with Gasteiger partial charge in [-0.2, -0.15) is 0 Å². The van der Waals surface area contributed by atoms with Crippen LogP contribution >= 0.6 is 0 Å². The maximum atomic E-state index is 9.99. The first-order chi connectivity index (χ1) is 7.90. The van der Waals surface area contributed by atoms with Gasteiger partial charge in [-0.3, -0.25) is 0 Å². The van der Waals surface area contributed by atoms with Crippen molar-refractivity contribution in [2.75, 3.05) is 18.0 Å². The van der Waals surface area contributed by atoms with Crippen molar-refractivity contribution in [3.8, 4) is 0 Å². The molecule has 0 saturated carbocycles. The average Bonchev–Trinajstić information content (AvgIpc) is 2.22. The molecule has 2 nitrogen and oxygen atoms in total. The summed E-state index contributed by atoms with van der Waals surface area (Å²) < 4.78 is 0. The highest BCUT2D eigenvalue weighted by Gasteiger charge is 2.34. The molecule has 1 atom stereocenters. The van der Waals surface area contributed by atoms with E-state index in [1.807, 2.05) is 0 Å². The molecule has 0 radical (unpaired) electrons. The van der Waals surface area contributed by atoms with Crippen LogP contribution in [0.15, 0.2) is 18.2 Å². The summed E-state index contributed by atoms with van der Waals surface area (Å²) in [5, 5.41) is 9.99. The maximum absolute atomic E-state index is 9.99. The lowest BCUT2D eigenvalue weighted by Gasteiger charge is -2.43. The molecule has 1 saturated heterocycles. The number of anilines is 1. The van der Waals surface area contributed by atoms with Gasteiger partial charge in [0.1, 0.15) is 0 Å². The second-order valence-electron chi connectivity index (χ2n) is 6.00. The van der Waals surface area contributed by atoms with Crippen LogP contribution in [0.2, 0.25) is 0 Å². The Hall–Kier alpha value is -1.02. The summed E-state index contributed by atoms with van der Waals surface area (Å²) in [6, 6.07) is 6.60. The van der Waals surface area contributed by atoms with Crippen LogP contribution in [0.3, 0.4) is 0 Å². The molecule has 1 aliphatic heterocycles. The van der Waals surface area contributed by atoms with Crippen molar-refractivity contribution in [2.24, 2.45) is 5.41 Å². The smallest absolute Gasteiger partial charge is 0.0624 e. The van der Waals surface area contributed by atoms with Crippen molar-refractivity contribution < 1.29 is 5.11 Å². The molecule has 0 spiro atoms. The van der Waals surface area contributed by atoms with Gasteiger partial charge in [0.05, 0.1) is 6.10 Å². The monoisotopic (exact) mass is 233 g/mol. The second kappa shape index (κ2) is 4.34. The van der Waals surface area contributed by atoms with Crippen molar-refractivity contribution in [1.82, 2.24) is 0 Å². The van der Waals surface area contributed by atoms with Crippen LogP contribution < -0.4 is 4.90 Å². The zero-order valence-corrected chi connectivity index (χ0v) is 11.3. The Labute approximate surface area is 104 Å². The Morgan fingerprint density at radius 3 is 2.59 bits per heavy atom. The Bertz CT molecular complexity index is 411. The number of piperidine rings is 1. The summed E-state index contributed by atoms with van der Waals surface area (Å²) in [4.78, 5) is 2.40. The molecule has 1 N–H and O–H groups in total. The van der Waals surface area contributed by atoms with E-state index in [4.69, 9.17) is 0 Å². The van der Waals surface area contributed by atoms with Crippen LogP contribution in [0.25, 0.3) is 0 Å². The lowest BCUT2D eigenvalue weighted by molar-refractivity contribution is 0.0336. The summed E-state index contributed by atoms with van der Waals surface area (Å²) in [5.41, 5.74) is 3.94. The quantitative estimate of drug-likeness (QED) is 0.806. The van der Waals surface area contributed by atoms with E-state index in [0.29, 0.717) is 0 Å². The largest absolute Gasteiger partial charge is 0.392 e. The van der Waals surface area contributed by atoms with Crippen LogP contribution in [0.1, 0.15) is 31.4 Å². The van der Waals surface area contributed by atoms with Gasteiger partial charge < -0.3 is 10.0 Å². The van der Waals surface area contributed by atoms with E-state index in [1.165, 1.54) is 16.8 Å². The van der Waals surface area contributed by atoms with E-state index in [2.05, 4.69) is 50.8 Å². The average molecular weight is 233 g/mol. The van der Waals surface area contributed by atoms with E-state index in [-0.39, 0.29) is 11.5 Å². The van der Waals surface area contributed by atoms with Crippen molar-refractivity contribution in [3.05, 3.63) is 29.3 Å². The van der Waals surface area contributed by atoms with Gasteiger partial charge in [-0.1, -0.05) is 31.5 Å². The standard InChI is InChI=1S/C15H23NO/c1-11-5-6-13(12(2)9-11)16-8-7-14(17)15(3,4)10-16/h5-6,9,14,17H,7-8,10H2,1-4H3. The van der Waals surface area contributed by atoms with E-state index < -0.39 is 0 Å². The van der Waals surface area contributed by atoms with Gasteiger partial charge >= 0.3 is 0 Å². The molecule has 1 fully saturated rings. The Morgan fingerprint density at radius 1 is 1.29 bits per heavy atom. The van der Waals surface area contributed by atoms with Gasteiger partial charge in [0.25, 0.3) is 0 Å². The second-order valence-corrected chi connectivity index (χ2v) is 6.00. The summed E-state index contributed by atoms with van der Waals surface area (Å²) in [6.45, 7) is 10.5. The lowest BCUT2D eigenvalue weighted by atomic mass is 9.81. The summed E-state index contributed by atoms with van der Waals surface area (Å²) in [6.07, 6.45) is 0.685. The van der Waals surface area contributed by atoms with Gasteiger partial charge in [-0.25, -0.2) is 0 Å². The van der Waals surface area contributed by atoms with Crippen LogP contribution in [0.5, 0.6) is 0 Å². The van der Waals surface area contributed by atoms with Crippen molar-refractivity contribution in [2.45, 2.75) is 40.2 Å². The van der Waals surface area contributed by atoms with E-state index in [1.54, 1.807) is 0 Å². The molecular formula is C15H23NO. The van der Waals surface area contributed by atoms with Crippen molar-refractivity contribution in [3.63, 3.8) is 0 Å². The first-order valence-corrected chi connectivity index (χ1v) is 6.40. The third kappa shape index (κ3) is 2.47. The predicted molar refractivity (Wildman–Crippen MR) is 72.5 cm³/mol. The summed E-state index contributed by atoms with van der Waals surface area (Å²) >= 11 is 0. The predicted octanol–water partition coefficient (Wildman–Crippen LogP) is 2.90. The minimum Gasteiger partial charge on any atom is -0.392 e. The molecule has 1 aromatic carbocycles. The topological polar surface area (TPSA) is 23.5 Å². The third-order valence-corrected chi connectivity index (χ3v) is 3.87. The molecule has 0 amide bonds. The number of benzene rings is 1. The Morgan fingerprint density at radius 2 is 2.00 bits per heavy atom. The summed E-state index contributed by atoms with van der Waals surface area (Å²) in [5.74, 6) is 0. The zero-order chi connectivity index (χ0) is 12.6. The van der Waals surface area contributed by atoms with Gasteiger partial charge in [-0.15, -0.1) is 0 Å². The van der Waals surface area contributed by atoms with Crippen LogP contribution in [-0.4, -0.2) is 24.3 Å². The van der Waals surface area contributed by atoms with Crippen LogP contribution in [0.4, 0.5) is 5.69 Å². The lowest BCUT2D eigenvalue weighted by Crippen LogP contribution is -2.48. The molecule has 1 unspecified atom stereocenters. The number of aliphatic hydroxyl groups is 1. The molecule has 1 aliphatic rings. The van der Waals surface area contributed by atoms with Crippen molar-refractivity contribution in [1.29, 1.82) is 0 Å². The number of aliphatic hydroxyl groups excluding tert-OH is 1. The molecule has 1 aromatic rings. The number of hydrogen-bond acceptors (Lipinski definition) is 2. The number of hydrogen-bond donors (Lipinski definition) is 1. The third-order valence-electron chi connectivity index (χ3n) is 3.87. The molecule has 0 bridgehead atoms. The molecule has 0 aliphatic carbocycles. The maximum Gasteiger partial charge on any atom is 0.0624 e. The van der Waals surface area contributed by atoms with Gasteiger partial charge in [-0.05, 0) is 31.9 Å². The van der Waals surface area contributed by atoms with E-state index >= 15 is 0 Å². The fourth-order valence-corrected chi connectivity index (χ4v) is 2.71. The summed E-state index contributed by atoms with van der Waals surface area (Å²) in [7, 11) is 0. The fraction of sp³-hybridized carbons (Fsp3) is 0.600. The number of aryl methyl sites for hydroxylation is 2. The first kappa shape index (κ1) is 12.4. The Kier molecular flexibility index (Phi) is 3.17. The minimum absolute atomic E-state index is 0.0183. The molecule has 2 heteroatoms. The van der Waals surface area contributed by atoms with E-state index in [9.17, 15) is 5.11 Å². The van der Waals surface area contributed by atoms with E-state index in [0.717, 1.165) is 19.5 Å². The highest BCUT2D eigenvalue weighted by Crippen LogP contribution is 2.33. The first-order valence-electron chi connectivity index (χ1n) is 6.40. The number of nitrogens with zero attached hydrogens (tertiary/aromatic N) is 1. The SMILES string of the molecule is Cc1ccc(N2CCC(O)C(C)(C)C2)c(C)c1. The molecular weight excluding hydrogens is 210 g/mol. The van der Waals surface area contributed by atoms with Crippen LogP contribution in [-0.2, 0) is 0 Å². The highest BCUT2D eigenvalue weighted by molar-refractivity contribution is 5.55. The fourth-order valence-electron chi connectivity index (χ4n) is 2.71. The minimum atomic E-state index is -0.176. The van der Waals surface area contributed by atoms with Gasteiger partial charge in [0, 0.05) is 24.2 Å². The van der Waals surface area contributed by atoms with Gasteiger partial charge in [0.2, 0.25) is 0 Å². The normalized spacial score (nSPS) is 23.8. The number of rotatable bonds is 1. The molecule has 17 heavy (non-hydrogen) atoms. The zero-order valence-electron chi connectivity index (χ0n) is 11.3.